The van der Waals surface area contributed by atoms with E-state index in [-0.39, 0.29) is 50.0 Å². The molecule has 1 unspecified atom stereocenters. The summed E-state index contributed by atoms with van der Waals surface area (Å²) in [6.07, 6.45) is 2.30. The molecule has 28 heteroatoms. The molecule has 0 aromatic rings. The van der Waals surface area contributed by atoms with Crippen LogP contribution in [0.25, 0.3) is 0 Å². The Morgan fingerprint density at radius 1 is 0.639 bits per heavy atom. The minimum atomic E-state index is -1.54. The van der Waals surface area contributed by atoms with Gasteiger partial charge in [-0.1, -0.05) is 109 Å². The number of fused-ring (bicyclic) bond motifs is 4. The van der Waals surface area contributed by atoms with Crippen molar-refractivity contribution in [3.05, 3.63) is 12.2 Å². The number of amides is 13. The van der Waals surface area contributed by atoms with Gasteiger partial charge in [0.25, 0.3) is 5.91 Å². The Morgan fingerprint density at radius 2 is 1.19 bits per heavy atom. The van der Waals surface area contributed by atoms with E-state index in [1.54, 1.807) is 69.2 Å². The van der Waals surface area contributed by atoms with Crippen molar-refractivity contribution in [2.75, 3.05) is 63.0 Å². The maximum absolute atomic E-state index is 15.6. The molecule has 550 valence electrons. The largest absolute Gasteiger partial charge is 0.453 e. The van der Waals surface area contributed by atoms with Crippen LogP contribution >= 0.6 is 0 Å². The third kappa shape index (κ3) is 19.7. The number of alkyl carbamates (subject to hydrolysis) is 1. The van der Waals surface area contributed by atoms with Crippen molar-refractivity contribution in [2.45, 2.75) is 248 Å². The first-order chi connectivity index (χ1) is 44.8. The number of likely N-dealkylation sites (N-methyl/N-ethyl adjacent to an activating group) is 7. The highest BCUT2D eigenvalue weighted by molar-refractivity contribution is 6.00. The van der Waals surface area contributed by atoms with Crippen LogP contribution in [0.5, 0.6) is 0 Å². The van der Waals surface area contributed by atoms with Crippen LogP contribution in [0.15, 0.2) is 12.2 Å². The monoisotopic (exact) mass is 1370 g/mol. The summed E-state index contributed by atoms with van der Waals surface area (Å²) in [5.41, 5.74) is -1.41. The molecular weight excluding hydrogens is 1250 g/mol. The van der Waals surface area contributed by atoms with Gasteiger partial charge in [0.1, 0.15) is 72.6 Å². The molecule has 3 fully saturated rings. The molecule has 15 atom stereocenters. The molecule has 0 aromatic carbocycles. The topological polar surface area (TPSA) is 318 Å². The maximum atomic E-state index is 15.6. The van der Waals surface area contributed by atoms with Gasteiger partial charge in [0, 0.05) is 67.3 Å². The zero-order chi connectivity index (χ0) is 74.6. The van der Waals surface area contributed by atoms with Crippen molar-refractivity contribution >= 4 is 77.0 Å². The van der Waals surface area contributed by atoms with Crippen molar-refractivity contribution in [3.63, 3.8) is 0 Å². The molecule has 3 saturated heterocycles. The molecule has 3 aliphatic heterocycles. The predicted molar refractivity (Wildman–Crippen MR) is 365 cm³/mol. The normalized spacial score (nSPS) is 28.3. The minimum Gasteiger partial charge on any atom is -0.453 e. The summed E-state index contributed by atoms with van der Waals surface area (Å²) in [5.74, 6) is -11.1. The highest BCUT2D eigenvalue weighted by atomic mass is 16.7. The lowest BCUT2D eigenvalue weighted by atomic mass is 9.81. The van der Waals surface area contributed by atoms with Gasteiger partial charge in [-0.25, -0.2) is 9.86 Å². The summed E-state index contributed by atoms with van der Waals surface area (Å²) in [7, 11) is 11.0. The summed E-state index contributed by atoms with van der Waals surface area (Å²) >= 11 is 0. The number of rotatable bonds is 16. The molecule has 4 N–H and O–H groups in total. The van der Waals surface area contributed by atoms with Gasteiger partial charge < -0.3 is 65.2 Å². The second-order valence-electron chi connectivity index (χ2n) is 29.7. The number of methoxy groups -OCH3 is 1. The Kier molecular flexibility index (Phi) is 30.6. The van der Waals surface area contributed by atoms with Gasteiger partial charge in [-0.3, -0.25) is 62.4 Å². The molecular formula is C69H119N13O15. The molecule has 0 radical (unpaired) electrons. The minimum absolute atomic E-state index is 0.00797. The molecule has 3 heterocycles. The lowest BCUT2D eigenvalue weighted by Gasteiger charge is -2.50. The van der Waals surface area contributed by atoms with E-state index in [1.165, 1.54) is 99.5 Å². The molecule has 0 aliphatic carbocycles. The SMILES string of the molecule is C/C=C/C[C@@H](C)[C@H]1ON2C(=O)[C@H](C(C)C)N(C)C(=O)[C@@H]3CC(C)N(C(=O)[C@H](C)NC(=O)[C@H](CC(C)C)N(C)C(=O)[C@H](C(C)C)NC(=O)[C@H](C(C)(C)CN(C)C(=O)[C@H](NC(=O)OC)C(C)C)N(C)C(=O)[C@@H](C)N(C)C(=O)[C@H](CC)NC(=O)[C@H]12)[C@H](C)C(=O)N(C)[C@@H](CC(C)C)C(=O)N3C. The molecule has 3 rings (SSSR count). The van der Waals surface area contributed by atoms with E-state index in [1.807, 2.05) is 53.7 Å². The summed E-state index contributed by atoms with van der Waals surface area (Å²) in [5, 5.41) is 12.0. The molecule has 0 saturated carbocycles. The molecule has 28 nitrogen and oxygen atoms in total. The van der Waals surface area contributed by atoms with Gasteiger partial charge in [-0.2, -0.15) is 0 Å². The quantitative estimate of drug-likeness (QED) is 0.161. The van der Waals surface area contributed by atoms with Crippen molar-refractivity contribution in [3.8, 4) is 0 Å². The number of hydroxylamine groups is 2. The fourth-order valence-electron chi connectivity index (χ4n) is 13.5. The molecule has 0 spiro atoms. The van der Waals surface area contributed by atoms with Crippen molar-refractivity contribution in [2.24, 2.45) is 40.9 Å². The number of carbonyl (C=O) groups excluding carboxylic acids is 13. The molecule has 13 amide bonds. The smallest absolute Gasteiger partial charge is 0.407 e. The maximum Gasteiger partial charge on any atom is 0.407 e. The second kappa shape index (κ2) is 35.4. The third-order valence-corrected chi connectivity index (χ3v) is 19.4. The second-order valence-corrected chi connectivity index (χ2v) is 29.7. The van der Waals surface area contributed by atoms with Crippen LogP contribution in [-0.2, 0) is 67.1 Å². The van der Waals surface area contributed by atoms with Crippen LogP contribution in [0.4, 0.5) is 4.79 Å². The predicted octanol–water partition coefficient (Wildman–Crippen LogP) is 3.26. The van der Waals surface area contributed by atoms with E-state index < -0.39 is 185 Å². The molecule has 97 heavy (non-hydrogen) atoms. The number of allylic oxidation sites excluding steroid dienone is 2. The van der Waals surface area contributed by atoms with E-state index in [0.29, 0.717) is 6.42 Å². The Morgan fingerprint density at radius 3 is 1.69 bits per heavy atom. The molecule has 2 bridgehead atoms. The summed E-state index contributed by atoms with van der Waals surface area (Å²) < 4.78 is 4.81. The third-order valence-electron chi connectivity index (χ3n) is 19.4. The number of nitrogens with zero attached hydrogens (tertiary/aromatic N) is 9. The van der Waals surface area contributed by atoms with Crippen LogP contribution in [0, 0.1) is 40.9 Å². The molecule has 0 aromatic heterocycles. The van der Waals surface area contributed by atoms with Crippen LogP contribution in [-0.4, -0.2) is 269 Å². The Balaban J connectivity index is 2.49. The van der Waals surface area contributed by atoms with Gasteiger partial charge in [-0.15, -0.1) is 0 Å². The number of hydrogen-bond donors (Lipinski definition) is 4. The number of hydrogen-bond acceptors (Lipinski definition) is 15. The van der Waals surface area contributed by atoms with Gasteiger partial charge in [0.2, 0.25) is 65.0 Å². The fourth-order valence-corrected chi connectivity index (χ4v) is 13.5. The molecule has 3 aliphatic rings. The summed E-state index contributed by atoms with van der Waals surface area (Å²) in [6, 6.07) is -16.9. The van der Waals surface area contributed by atoms with Gasteiger partial charge >= 0.3 is 6.09 Å². The van der Waals surface area contributed by atoms with E-state index in [2.05, 4.69) is 21.3 Å². The van der Waals surface area contributed by atoms with Crippen LogP contribution in [0.1, 0.15) is 164 Å². The summed E-state index contributed by atoms with van der Waals surface area (Å²) in [4.78, 5) is 210. The zero-order valence-electron chi connectivity index (χ0n) is 63.1. The lowest BCUT2D eigenvalue weighted by molar-refractivity contribution is -0.321. The number of carbonyl (C=O) groups is 13. The average Bonchev–Trinajstić information content (AvgIpc) is 0.764. The van der Waals surface area contributed by atoms with Gasteiger partial charge in [0.05, 0.1) is 7.11 Å². The first kappa shape index (κ1) is 83.8. The van der Waals surface area contributed by atoms with E-state index in [9.17, 15) is 28.8 Å². The van der Waals surface area contributed by atoms with Crippen molar-refractivity contribution < 1.29 is 71.9 Å². The van der Waals surface area contributed by atoms with E-state index >= 15 is 33.6 Å². The van der Waals surface area contributed by atoms with Crippen LogP contribution in [0.3, 0.4) is 0 Å². The Hall–Kier alpha value is -7.39. The van der Waals surface area contributed by atoms with Crippen LogP contribution < -0.4 is 21.3 Å². The Bertz CT molecular complexity index is 2880. The first-order valence-electron chi connectivity index (χ1n) is 34.3. The summed E-state index contributed by atoms with van der Waals surface area (Å²) in [6.45, 7) is 32.0. The average molecular weight is 1370 g/mol. The van der Waals surface area contributed by atoms with Crippen molar-refractivity contribution in [1.82, 2.24) is 65.5 Å². The van der Waals surface area contributed by atoms with E-state index in [0.717, 1.165) is 22.0 Å². The van der Waals surface area contributed by atoms with Crippen LogP contribution in [0.2, 0.25) is 0 Å². The number of nitrogens with one attached hydrogen (secondary N) is 4. The fraction of sp³-hybridized carbons (Fsp3) is 0.783. The first-order valence-corrected chi connectivity index (χ1v) is 34.3. The standard InChI is InChI=1S/C69H119N13O15/c1-28-30-31-41(13)54-53-57(84)71-46(29-2)62(89)75(21)44(16)60(87)80(26)55(69(18,19)35-74(20)65(92)50(38(7)8)73-68(95)96-27)58(85)72-51(39(9)10)66(93)76(22)47(32-36(3)4)56(83)70-43(15)59(86)81-42(14)34-49(64(91)79(25)52(40(11)12)67(94)82(53)97-54)78(24)63(90)48(33-37(5)6)77(23)61(88)45(81)17/h28,30,36-55H,29,31-35H2,1-27H3,(H,70,83)(H,71,84)(H,72,85)(H,73,95)/b30-28+/t41-,42?,43+,44-,45-,46+,47+,48+,49+,50-,51+,52+,53+,54-,55-/m1/s1. The number of ether oxygens (including phenoxy) is 1. The van der Waals surface area contributed by atoms with Gasteiger partial charge in [0.15, 0.2) is 6.04 Å². The van der Waals surface area contributed by atoms with Gasteiger partial charge in [-0.05, 0) is 102 Å². The zero-order valence-corrected chi connectivity index (χ0v) is 63.1. The highest BCUT2D eigenvalue weighted by Crippen LogP contribution is 2.35. The Labute approximate surface area is 576 Å². The highest BCUT2D eigenvalue weighted by Gasteiger charge is 2.55. The van der Waals surface area contributed by atoms with Crippen molar-refractivity contribution in [1.29, 1.82) is 0 Å². The van der Waals surface area contributed by atoms with E-state index in [4.69, 9.17) is 9.57 Å². The lowest BCUT2D eigenvalue weighted by Crippen LogP contribution is -2.72.